The number of hydrogen-bond acceptors (Lipinski definition) is 4. The molecule has 0 aliphatic heterocycles. The van der Waals surface area contributed by atoms with Crippen LogP contribution >= 0.6 is 0 Å². The Morgan fingerprint density at radius 3 is 1.64 bits per heavy atom. The van der Waals surface area contributed by atoms with Gasteiger partial charge < -0.3 is 0 Å². The van der Waals surface area contributed by atoms with Crippen LogP contribution in [0.4, 0.5) is 0 Å². The third-order valence-electron chi connectivity index (χ3n) is 3.72. The van der Waals surface area contributed by atoms with Crippen LogP contribution in [0, 0.1) is 0 Å². The molecule has 0 unspecified atom stereocenters. The van der Waals surface area contributed by atoms with Crippen molar-refractivity contribution in [1.82, 2.24) is 19.9 Å². The van der Waals surface area contributed by atoms with Crippen LogP contribution in [0.25, 0.3) is 33.9 Å². The summed E-state index contributed by atoms with van der Waals surface area (Å²) in [4.78, 5) is 18.0. The first-order valence-electron chi connectivity index (χ1n) is 7.67. The molecule has 4 nitrogen and oxygen atoms in total. The Morgan fingerprint density at radius 1 is 0.440 bits per heavy atom. The largest absolute Gasteiger partial charge is 0.256 e. The molecule has 0 saturated heterocycles. The summed E-state index contributed by atoms with van der Waals surface area (Å²) < 4.78 is 0. The van der Waals surface area contributed by atoms with Gasteiger partial charge in [-0.25, -0.2) is 0 Å². The van der Waals surface area contributed by atoms with Crippen molar-refractivity contribution in [2.45, 2.75) is 0 Å². The predicted molar refractivity (Wildman–Crippen MR) is 93.9 cm³/mol. The third kappa shape index (κ3) is 3.52. The van der Waals surface area contributed by atoms with E-state index < -0.39 is 0 Å². The Hall–Kier alpha value is -2.78. The van der Waals surface area contributed by atoms with Crippen molar-refractivity contribution < 1.29 is 19.5 Å². The van der Waals surface area contributed by atoms with E-state index in [0.29, 0.717) is 0 Å². The third-order valence-corrected chi connectivity index (χ3v) is 3.72. The second kappa shape index (κ2) is 7.86. The molecule has 0 saturated carbocycles. The summed E-state index contributed by atoms with van der Waals surface area (Å²) in [6.07, 6.45) is 7.12. The van der Waals surface area contributed by atoms with Crippen molar-refractivity contribution in [3.63, 3.8) is 0 Å². The molecule has 0 fully saturated rings. The summed E-state index contributed by atoms with van der Waals surface area (Å²) in [5, 5.41) is 0. The zero-order chi connectivity index (χ0) is 16.2. The van der Waals surface area contributed by atoms with Gasteiger partial charge in [-0.05, 0) is 48.5 Å². The summed E-state index contributed by atoms with van der Waals surface area (Å²) in [5.74, 6) is 0. The molecule has 4 aromatic heterocycles. The molecular weight excluding hydrogens is 397 g/mol. The Kier molecular flexibility index (Phi) is 5.37. The van der Waals surface area contributed by atoms with Crippen LogP contribution in [0.5, 0.6) is 0 Å². The molecule has 5 heteroatoms. The van der Waals surface area contributed by atoms with Gasteiger partial charge in [-0.3, -0.25) is 19.9 Å². The van der Waals surface area contributed by atoms with Gasteiger partial charge in [0.05, 0.1) is 22.8 Å². The molecule has 4 heterocycles. The van der Waals surface area contributed by atoms with Crippen molar-refractivity contribution in [1.29, 1.82) is 0 Å². The van der Waals surface area contributed by atoms with Gasteiger partial charge in [0.15, 0.2) is 0 Å². The Morgan fingerprint density at radius 2 is 1.00 bits per heavy atom. The van der Waals surface area contributed by atoms with Crippen LogP contribution in [0.2, 0.25) is 0 Å². The first-order valence-corrected chi connectivity index (χ1v) is 7.67. The second-order valence-corrected chi connectivity index (χ2v) is 5.23. The van der Waals surface area contributed by atoms with Gasteiger partial charge >= 0.3 is 0 Å². The van der Waals surface area contributed by atoms with Crippen LogP contribution in [0.3, 0.4) is 0 Å². The molecule has 122 valence electrons. The van der Waals surface area contributed by atoms with E-state index in [1.165, 1.54) is 0 Å². The molecule has 0 aliphatic carbocycles. The van der Waals surface area contributed by atoms with Crippen molar-refractivity contribution in [2.75, 3.05) is 0 Å². The van der Waals surface area contributed by atoms with E-state index >= 15 is 0 Å². The predicted octanol–water partition coefficient (Wildman–Crippen LogP) is 4.27. The van der Waals surface area contributed by atoms with Gasteiger partial charge in [0.25, 0.3) is 0 Å². The average Bonchev–Trinajstić information content (AvgIpc) is 2.69. The Labute approximate surface area is 158 Å². The molecular formula is C20H14N4Ru. The summed E-state index contributed by atoms with van der Waals surface area (Å²) >= 11 is 0. The normalized spacial score (nSPS) is 10.1. The minimum Gasteiger partial charge on any atom is -0.256 e. The Balaban J connectivity index is 0.00000182. The average molecular weight is 411 g/mol. The zero-order valence-electron chi connectivity index (χ0n) is 13.2. The van der Waals surface area contributed by atoms with Gasteiger partial charge in [-0.15, -0.1) is 0 Å². The van der Waals surface area contributed by atoms with Crippen LogP contribution in [-0.2, 0) is 19.5 Å². The van der Waals surface area contributed by atoms with Gasteiger partial charge in [0.1, 0.15) is 0 Å². The van der Waals surface area contributed by atoms with Gasteiger partial charge in [0, 0.05) is 55.4 Å². The fraction of sp³-hybridized carbons (Fsp3) is 0. The van der Waals surface area contributed by atoms with Gasteiger partial charge in [-0.2, -0.15) is 0 Å². The topological polar surface area (TPSA) is 51.6 Å². The van der Waals surface area contributed by atoms with E-state index in [2.05, 4.69) is 19.9 Å². The van der Waals surface area contributed by atoms with Crippen LogP contribution < -0.4 is 0 Å². The first-order chi connectivity index (χ1) is 11.9. The van der Waals surface area contributed by atoms with E-state index in [9.17, 15) is 0 Å². The van der Waals surface area contributed by atoms with Crippen molar-refractivity contribution in [3.8, 4) is 33.9 Å². The van der Waals surface area contributed by atoms with E-state index in [-0.39, 0.29) is 19.5 Å². The van der Waals surface area contributed by atoms with E-state index in [1.54, 1.807) is 24.8 Å². The molecule has 0 N–H and O–H groups in total. The fourth-order valence-corrected chi connectivity index (χ4v) is 2.65. The maximum Gasteiger partial charge on any atom is 0.0980 e. The van der Waals surface area contributed by atoms with Gasteiger partial charge in [0.2, 0.25) is 0 Å². The van der Waals surface area contributed by atoms with E-state index in [1.807, 2.05) is 60.7 Å². The molecule has 0 bridgehead atoms. The first kappa shape index (κ1) is 17.1. The maximum absolute atomic E-state index is 4.60. The van der Waals surface area contributed by atoms with Crippen LogP contribution in [0.15, 0.2) is 85.5 Å². The molecule has 0 atom stereocenters. The summed E-state index contributed by atoms with van der Waals surface area (Å²) in [6, 6.07) is 19.6. The van der Waals surface area contributed by atoms with E-state index in [0.717, 1.165) is 33.9 Å². The smallest absolute Gasteiger partial charge is 0.0980 e. The molecule has 0 aromatic carbocycles. The Bertz CT molecular complexity index is 878. The number of nitrogens with zero attached hydrogens (tertiary/aromatic N) is 4. The SMILES string of the molecule is [Ru].c1ccc(-c2cccnc2-c2cccnc2-c2ccccn2)nc1. The molecule has 4 aromatic rings. The number of rotatable bonds is 3. The van der Waals surface area contributed by atoms with Gasteiger partial charge in [-0.1, -0.05) is 12.1 Å². The molecule has 0 spiro atoms. The molecule has 4 rings (SSSR count). The summed E-state index contributed by atoms with van der Waals surface area (Å²) in [7, 11) is 0. The van der Waals surface area contributed by atoms with Crippen molar-refractivity contribution in [2.24, 2.45) is 0 Å². The maximum atomic E-state index is 4.60. The number of pyridine rings is 4. The molecule has 25 heavy (non-hydrogen) atoms. The summed E-state index contributed by atoms with van der Waals surface area (Å²) in [6.45, 7) is 0. The molecule has 0 radical (unpaired) electrons. The van der Waals surface area contributed by atoms with E-state index in [4.69, 9.17) is 0 Å². The standard InChI is InChI=1S/C20H14N4.Ru/c1-3-11-21-17(9-1)15-7-5-13-23-19(15)16-8-6-14-24-20(16)18-10-2-4-12-22-18;/h1-14H;. The second-order valence-electron chi connectivity index (χ2n) is 5.23. The molecule has 0 aliphatic rings. The van der Waals surface area contributed by atoms with Crippen LogP contribution in [-0.4, -0.2) is 19.9 Å². The zero-order valence-corrected chi connectivity index (χ0v) is 15.0. The quantitative estimate of drug-likeness (QED) is 0.473. The molecule has 0 amide bonds. The fourth-order valence-electron chi connectivity index (χ4n) is 2.65. The number of aromatic nitrogens is 4. The minimum atomic E-state index is 0. The van der Waals surface area contributed by atoms with Crippen molar-refractivity contribution >= 4 is 0 Å². The van der Waals surface area contributed by atoms with Crippen molar-refractivity contribution in [3.05, 3.63) is 85.5 Å². The minimum absolute atomic E-state index is 0. The number of hydrogen-bond donors (Lipinski definition) is 0. The monoisotopic (exact) mass is 412 g/mol. The van der Waals surface area contributed by atoms with Crippen LogP contribution in [0.1, 0.15) is 0 Å². The summed E-state index contributed by atoms with van der Waals surface area (Å²) in [5.41, 5.74) is 5.29.